The number of hydrogen-bond acceptors (Lipinski definition) is 1. The lowest BCUT2D eigenvalue weighted by Crippen LogP contribution is -1.88. The molecular weight excluding hydrogens is 264 g/mol. The minimum atomic E-state index is 0.887. The minimum absolute atomic E-state index is 0.887. The van der Waals surface area contributed by atoms with Crippen molar-refractivity contribution in [2.75, 3.05) is 7.11 Å². The second-order valence-corrected chi connectivity index (χ2v) is 4.54. The van der Waals surface area contributed by atoms with Crippen molar-refractivity contribution in [2.45, 2.75) is 6.92 Å². The van der Waals surface area contributed by atoms with Gasteiger partial charge in [-0.05, 0) is 24.6 Å². The van der Waals surface area contributed by atoms with E-state index in [-0.39, 0.29) is 0 Å². The molecule has 2 aromatic carbocycles. The Balaban J connectivity index is 2.58. The van der Waals surface area contributed by atoms with E-state index in [0.29, 0.717) is 0 Å². The normalized spacial score (nSPS) is 10.2. The number of methoxy groups -OCH3 is 1. The zero-order valence-electron chi connectivity index (χ0n) is 9.33. The molecule has 0 aromatic heterocycles. The highest BCUT2D eigenvalue weighted by molar-refractivity contribution is 9.10. The maximum absolute atomic E-state index is 5.38. The molecule has 82 valence electrons. The first-order valence-corrected chi connectivity index (χ1v) is 5.91. The second-order valence-electron chi connectivity index (χ2n) is 3.68. The predicted molar refractivity (Wildman–Crippen MR) is 70.9 cm³/mol. The van der Waals surface area contributed by atoms with Gasteiger partial charge in [0.25, 0.3) is 0 Å². The quantitative estimate of drug-likeness (QED) is 0.788. The van der Waals surface area contributed by atoms with Crippen molar-refractivity contribution in [3.63, 3.8) is 0 Å². The molecule has 0 atom stereocenters. The summed E-state index contributed by atoms with van der Waals surface area (Å²) in [5.41, 5.74) is 3.52. The number of ether oxygens (including phenoxy) is 1. The Hall–Kier alpha value is -1.28. The molecule has 0 aliphatic heterocycles. The average Bonchev–Trinajstić information content (AvgIpc) is 2.30. The van der Waals surface area contributed by atoms with Gasteiger partial charge < -0.3 is 4.74 Å². The smallest absolute Gasteiger partial charge is 0.127 e. The fourth-order valence-corrected chi connectivity index (χ4v) is 2.25. The minimum Gasteiger partial charge on any atom is -0.496 e. The summed E-state index contributed by atoms with van der Waals surface area (Å²) >= 11 is 3.56. The Morgan fingerprint density at radius 3 is 2.31 bits per heavy atom. The molecule has 0 bridgehead atoms. The molecule has 0 N–H and O–H groups in total. The average molecular weight is 277 g/mol. The Morgan fingerprint density at radius 2 is 1.69 bits per heavy atom. The first-order valence-electron chi connectivity index (χ1n) is 5.12. The predicted octanol–water partition coefficient (Wildman–Crippen LogP) is 4.43. The largest absolute Gasteiger partial charge is 0.496 e. The molecule has 0 spiro atoms. The van der Waals surface area contributed by atoms with Gasteiger partial charge in [0, 0.05) is 10.0 Å². The SMILES string of the molecule is COc1cccc(Br)c1-c1ccc(C)cc1. The molecule has 2 rings (SSSR count). The Labute approximate surface area is 104 Å². The second kappa shape index (κ2) is 4.71. The van der Waals surface area contributed by atoms with Gasteiger partial charge in [0.2, 0.25) is 0 Å². The molecule has 1 nitrogen and oxygen atoms in total. The maximum Gasteiger partial charge on any atom is 0.127 e. The molecule has 0 heterocycles. The van der Waals surface area contributed by atoms with Crippen LogP contribution in [0.5, 0.6) is 5.75 Å². The Kier molecular flexibility index (Phi) is 3.30. The van der Waals surface area contributed by atoms with Crippen molar-refractivity contribution in [2.24, 2.45) is 0 Å². The third kappa shape index (κ3) is 2.12. The zero-order chi connectivity index (χ0) is 11.5. The van der Waals surface area contributed by atoms with Crippen LogP contribution in [0.15, 0.2) is 46.9 Å². The van der Waals surface area contributed by atoms with Crippen LogP contribution >= 0.6 is 15.9 Å². The zero-order valence-corrected chi connectivity index (χ0v) is 10.9. The van der Waals surface area contributed by atoms with E-state index in [0.717, 1.165) is 21.3 Å². The lowest BCUT2D eigenvalue weighted by molar-refractivity contribution is 0.416. The van der Waals surface area contributed by atoms with Crippen LogP contribution in [-0.4, -0.2) is 7.11 Å². The van der Waals surface area contributed by atoms with Crippen molar-refractivity contribution in [3.05, 3.63) is 52.5 Å². The van der Waals surface area contributed by atoms with E-state index in [9.17, 15) is 0 Å². The van der Waals surface area contributed by atoms with Crippen LogP contribution < -0.4 is 4.74 Å². The molecule has 0 aliphatic carbocycles. The molecule has 0 saturated heterocycles. The molecule has 0 saturated carbocycles. The third-order valence-corrected chi connectivity index (χ3v) is 3.20. The van der Waals surface area contributed by atoms with Crippen LogP contribution in [0.1, 0.15) is 5.56 Å². The molecule has 0 unspecified atom stereocenters. The van der Waals surface area contributed by atoms with Gasteiger partial charge >= 0.3 is 0 Å². The van der Waals surface area contributed by atoms with E-state index in [2.05, 4.69) is 47.1 Å². The maximum atomic E-state index is 5.38. The van der Waals surface area contributed by atoms with Gasteiger partial charge in [0.1, 0.15) is 5.75 Å². The van der Waals surface area contributed by atoms with Crippen LogP contribution in [0, 0.1) is 6.92 Å². The molecular formula is C14H13BrO. The molecule has 0 radical (unpaired) electrons. The number of aryl methyl sites for hydroxylation is 1. The highest BCUT2D eigenvalue weighted by Crippen LogP contribution is 2.36. The van der Waals surface area contributed by atoms with Crippen LogP contribution in [-0.2, 0) is 0 Å². The topological polar surface area (TPSA) is 9.23 Å². The number of benzene rings is 2. The van der Waals surface area contributed by atoms with Crippen molar-refractivity contribution in [1.29, 1.82) is 0 Å². The number of halogens is 1. The monoisotopic (exact) mass is 276 g/mol. The third-order valence-electron chi connectivity index (χ3n) is 2.54. The molecule has 2 aromatic rings. The lowest BCUT2D eigenvalue weighted by Gasteiger charge is -2.10. The fourth-order valence-electron chi connectivity index (χ4n) is 1.67. The Morgan fingerprint density at radius 1 is 1.00 bits per heavy atom. The standard InChI is InChI=1S/C14H13BrO/c1-10-6-8-11(9-7-10)14-12(15)4-3-5-13(14)16-2/h3-9H,1-2H3. The molecule has 0 amide bonds. The number of hydrogen-bond donors (Lipinski definition) is 0. The lowest BCUT2D eigenvalue weighted by atomic mass is 10.0. The van der Waals surface area contributed by atoms with E-state index in [1.54, 1.807) is 7.11 Å². The summed E-state index contributed by atoms with van der Waals surface area (Å²) in [5.74, 6) is 0.887. The van der Waals surface area contributed by atoms with Crippen LogP contribution in [0.3, 0.4) is 0 Å². The molecule has 0 aliphatic rings. The van der Waals surface area contributed by atoms with E-state index in [4.69, 9.17) is 4.74 Å². The van der Waals surface area contributed by atoms with E-state index in [1.165, 1.54) is 5.56 Å². The summed E-state index contributed by atoms with van der Waals surface area (Å²) in [6.07, 6.45) is 0. The fraction of sp³-hybridized carbons (Fsp3) is 0.143. The number of rotatable bonds is 2. The summed E-state index contributed by atoms with van der Waals surface area (Å²) in [5, 5.41) is 0. The van der Waals surface area contributed by atoms with Gasteiger partial charge in [-0.15, -0.1) is 0 Å². The summed E-state index contributed by atoms with van der Waals surface area (Å²) in [6, 6.07) is 14.4. The van der Waals surface area contributed by atoms with Crippen molar-refractivity contribution in [3.8, 4) is 16.9 Å². The van der Waals surface area contributed by atoms with E-state index in [1.807, 2.05) is 18.2 Å². The molecule has 0 fully saturated rings. The van der Waals surface area contributed by atoms with Crippen LogP contribution in [0.2, 0.25) is 0 Å². The van der Waals surface area contributed by atoms with Gasteiger partial charge in [-0.25, -0.2) is 0 Å². The summed E-state index contributed by atoms with van der Waals surface area (Å²) in [6.45, 7) is 2.08. The van der Waals surface area contributed by atoms with Crippen LogP contribution in [0.4, 0.5) is 0 Å². The first kappa shape index (κ1) is 11.2. The van der Waals surface area contributed by atoms with Gasteiger partial charge in [-0.2, -0.15) is 0 Å². The molecule has 16 heavy (non-hydrogen) atoms. The van der Waals surface area contributed by atoms with Gasteiger partial charge in [-0.1, -0.05) is 51.8 Å². The van der Waals surface area contributed by atoms with Gasteiger partial charge in [-0.3, -0.25) is 0 Å². The van der Waals surface area contributed by atoms with Crippen molar-refractivity contribution >= 4 is 15.9 Å². The van der Waals surface area contributed by atoms with Gasteiger partial charge in [0.15, 0.2) is 0 Å². The summed E-state index contributed by atoms with van der Waals surface area (Å²) in [7, 11) is 1.69. The highest BCUT2D eigenvalue weighted by Gasteiger charge is 2.08. The molecule has 2 heteroatoms. The summed E-state index contributed by atoms with van der Waals surface area (Å²) < 4.78 is 6.43. The van der Waals surface area contributed by atoms with Crippen molar-refractivity contribution in [1.82, 2.24) is 0 Å². The Bertz CT molecular complexity index is 489. The van der Waals surface area contributed by atoms with Crippen molar-refractivity contribution < 1.29 is 4.74 Å². The summed E-state index contributed by atoms with van der Waals surface area (Å²) in [4.78, 5) is 0. The van der Waals surface area contributed by atoms with E-state index < -0.39 is 0 Å². The highest BCUT2D eigenvalue weighted by atomic mass is 79.9. The van der Waals surface area contributed by atoms with Gasteiger partial charge in [0.05, 0.1) is 7.11 Å². The van der Waals surface area contributed by atoms with E-state index >= 15 is 0 Å². The van der Waals surface area contributed by atoms with Crippen LogP contribution in [0.25, 0.3) is 11.1 Å². The first-order chi connectivity index (χ1) is 7.72.